The fraction of sp³-hybridized carbons (Fsp3) is 0.941. The van der Waals surface area contributed by atoms with Gasteiger partial charge in [0.2, 0.25) is 0 Å². The van der Waals surface area contributed by atoms with Crippen molar-refractivity contribution in [2.75, 3.05) is 13.2 Å². The van der Waals surface area contributed by atoms with E-state index < -0.39 is 29.9 Å². The lowest BCUT2D eigenvalue weighted by molar-refractivity contribution is -0.275. The molecule has 1 atom stereocenters. The molecule has 0 saturated heterocycles. The van der Waals surface area contributed by atoms with Crippen molar-refractivity contribution < 1.29 is 18.5 Å². The zero-order chi connectivity index (χ0) is 20.3. The van der Waals surface area contributed by atoms with E-state index in [-0.39, 0.29) is 19.0 Å². The number of hydroxylamine groups is 2. The van der Waals surface area contributed by atoms with Crippen LogP contribution >= 0.6 is 7.60 Å². The molecule has 0 aliphatic rings. The van der Waals surface area contributed by atoms with Crippen LogP contribution in [0.5, 0.6) is 0 Å². The largest absolute Gasteiger partial charge is 0.385 e. The molecule has 0 radical (unpaired) electrons. The zero-order valence-electron chi connectivity index (χ0n) is 17.6. The predicted molar refractivity (Wildman–Crippen MR) is 103 cm³/mol. The molecule has 0 heterocycles. The molecule has 0 spiro atoms. The van der Waals surface area contributed by atoms with Crippen LogP contribution in [0.1, 0.15) is 69.2 Å². The Bertz CT molecular complexity index is 485. The fourth-order valence-corrected chi connectivity index (χ4v) is 5.02. The second-order valence-electron chi connectivity index (χ2n) is 8.63. The molecule has 0 amide bonds. The Morgan fingerprint density at radius 3 is 1.68 bits per heavy atom. The van der Waals surface area contributed by atoms with Gasteiger partial charge >= 0.3 is 7.60 Å². The third-order valence-corrected chi connectivity index (χ3v) is 6.37. The Kier molecular flexibility index (Phi) is 8.33. The summed E-state index contributed by atoms with van der Waals surface area (Å²) in [5.74, 6) is -0.796. The summed E-state index contributed by atoms with van der Waals surface area (Å²) in [6, 6.07) is 0. The topological polar surface area (TPSA) is 97.9 Å². The number of nitrogens with one attached hydrogen (secondary N) is 1. The van der Waals surface area contributed by atoms with Crippen LogP contribution in [0.25, 0.3) is 0 Å². The van der Waals surface area contributed by atoms with Crippen LogP contribution in [0.3, 0.4) is 0 Å². The molecule has 0 aliphatic heterocycles. The van der Waals surface area contributed by atoms with E-state index in [0.29, 0.717) is 0 Å². The summed E-state index contributed by atoms with van der Waals surface area (Å²) in [7, 11) is -3.53. The van der Waals surface area contributed by atoms with Crippen LogP contribution in [0.4, 0.5) is 0 Å². The van der Waals surface area contributed by atoms with E-state index in [2.05, 4.69) is 0 Å². The highest BCUT2D eigenvalue weighted by Crippen LogP contribution is 2.61. The fourth-order valence-electron chi connectivity index (χ4n) is 2.34. The van der Waals surface area contributed by atoms with Crippen molar-refractivity contribution in [2.24, 2.45) is 11.1 Å². The molecule has 0 fully saturated rings. The van der Waals surface area contributed by atoms with Crippen molar-refractivity contribution in [1.29, 1.82) is 5.41 Å². The standard InChI is InChI=1S/C17H38N3O4P/c1-11-22-25(21,23-12-2)14(15(3,4)5)20(16(6,7)8)24-17(9,10)13(18)19/h14H,11-12H2,1-10H3,(H3,18,19). The molecule has 25 heavy (non-hydrogen) atoms. The number of rotatable bonds is 9. The van der Waals surface area contributed by atoms with E-state index in [1.807, 2.05) is 41.5 Å². The van der Waals surface area contributed by atoms with Crippen molar-refractivity contribution in [3.63, 3.8) is 0 Å². The molecular weight excluding hydrogens is 341 g/mol. The lowest BCUT2D eigenvalue weighted by atomic mass is 9.94. The van der Waals surface area contributed by atoms with Gasteiger partial charge in [-0.05, 0) is 53.9 Å². The van der Waals surface area contributed by atoms with Gasteiger partial charge in [-0.1, -0.05) is 20.8 Å². The van der Waals surface area contributed by atoms with Crippen LogP contribution in [-0.4, -0.2) is 41.0 Å². The maximum absolute atomic E-state index is 13.7. The van der Waals surface area contributed by atoms with Crippen LogP contribution < -0.4 is 5.73 Å². The molecule has 0 rings (SSSR count). The molecule has 0 aliphatic carbocycles. The van der Waals surface area contributed by atoms with Crippen molar-refractivity contribution in [3.05, 3.63) is 0 Å². The Labute approximate surface area is 153 Å². The maximum Gasteiger partial charge on any atom is 0.350 e. The number of nitrogens with two attached hydrogens (primary N) is 1. The van der Waals surface area contributed by atoms with E-state index >= 15 is 0 Å². The number of nitrogens with zero attached hydrogens (tertiary/aromatic N) is 1. The first-order chi connectivity index (χ1) is 11.0. The van der Waals surface area contributed by atoms with Crippen LogP contribution in [0.15, 0.2) is 0 Å². The summed E-state index contributed by atoms with van der Waals surface area (Å²) >= 11 is 0. The minimum atomic E-state index is -3.53. The maximum atomic E-state index is 13.7. The molecule has 0 aromatic heterocycles. The third-order valence-electron chi connectivity index (χ3n) is 3.55. The summed E-state index contributed by atoms with van der Waals surface area (Å²) in [6.07, 6.45) is 0. The predicted octanol–water partition coefficient (Wildman–Crippen LogP) is 4.37. The van der Waals surface area contributed by atoms with Gasteiger partial charge in [0.1, 0.15) is 17.2 Å². The number of amidine groups is 1. The minimum Gasteiger partial charge on any atom is -0.385 e. The quantitative estimate of drug-likeness (QED) is 0.267. The van der Waals surface area contributed by atoms with Gasteiger partial charge in [-0.25, -0.2) is 0 Å². The normalized spacial score (nSPS) is 15.5. The average Bonchev–Trinajstić information content (AvgIpc) is 2.35. The molecule has 0 aromatic carbocycles. The lowest BCUT2D eigenvalue weighted by Gasteiger charge is -2.49. The molecule has 3 N–H and O–H groups in total. The van der Waals surface area contributed by atoms with Crippen molar-refractivity contribution >= 4 is 13.4 Å². The minimum absolute atomic E-state index is 0.114. The SMILES string of the molecule is CCOP(=O)(OCC)C(N(OC(C)(C)C(=N)N)C(C)(C)C)C(C)(C)C. The van der Waals surface area contributed by atoms with Gasteiger partial charge in [-0.15, -0.1) is 0 Å². The molecule has 8 heteroatoms. The Morgan fingerprint density at radius 1 is 1.04 bits per heavy atom. The Balaban J connectivity index is 6.32. The van der Waals surface area contributed by atoms with E-state index in [9.17, 15) is 4.57 Å². The highest BCUT2D eigenvalue weighted by atomic mass is 31.2. The second kappa shape index (κ2) is 8.49. The summed E-state index contributed by atoms with van der Waals surface area (Å²) in [5.41, 5.74) is 3.62. The van der Waals surface area contributed by atoms with Gasteiger partial charge in [0.25, 0.3) is 0 Å². The Hall–Kier alpha value is -0.460. The monoisotopic (exact) mass is 379 g/mol. The van der Waals surface area contributed by atoms with E-state index in [4.69, 9.17) is 25.0 Å². The lowest BCUT2D eigenvalue weighted by Crippen LogP contribution is -2.58. The first kappa shape index (κ1) is 24.5. The summed E-state index contributed by atoms with van der Waals surface area (Å²) in [5, 5.41) is 9.44. The summed E-state index contributed by atoms with van der Waals surface area (Å²) < 4.78 is 24.9. The highest BCUT2D eigenvalue weighted by Gasteiger charge is 2.52. The zero-order valence-corrected chi connectivity index (χ0v) is 18.5. The highest BCUT2D eigenvalue weighted by molar-refractivity contribution is 7.54. The van der Waals surface area contributed by atoms with E-state index in [1.54, 1.807) is 32.8 Å². The molecule has 0 saturated carbocycles. The van der Waals surface area contributed by atoms with Crippen molar-refractivity contribution in [3.8, 4) is 0 Å². The molecule has 0 bridgehead atoms. The van der Waals surface area contributed by atoms with Crippen molar-refractivity contribution in [1.82, 2.24) is 5.06 Å². The molecule has 7 nitrogen and oxygen atoms in total. The first-order valence-electron chi connectivity index (χ1n) is 8.74. The smallest absolute Gasteiger partial charge is 0.350 e. The van der Waals surface area contributed by atoms with Crippen LogP contribution in [0.2, 0.25) is 0 Å². The second-order valence-corrected chi connectivity index (χ2v) is 10.7. The van der Waals surface area contributed by atoms with E-state index in [0.717, 1.165) is 0 Å². The molecular formula is C17H38N3O4P. The van der Waals surface area contributed by atoms with Crippen LogP contribution in [0, 0.1) is 10.8 Å². The number of hydrogen-bond donors (Lipinski definition) is 2. The summed E-state index contributed by atoms with van der Waals surface area (Å²) in [4.78, 5) is 6.14. The van der Waals surface area contributed by atoms with Crippen LogP contribution in [-0.2, 0) is 18.5 Å². The van der Waals surface area contributed by atoms with Gasteiger partial charge in [0.05, 0.1) is 13.2 Å². The molecule has 1 unspecified atom stereocenters. The van der Waals surface area contributed by atoms with Gasteiger partial charge in [-0.2, -0.15) is 5.06 Å². The first-order valence-corrected chi connectivity index (χ1v) is 10.4. The van der Waals surface area contributed by atoms with Gasteiger partial charge in [0.15, 0.2) is 0 Å². The molecule has 150 valence electrons. The van der Waals surface area contributed by atoms with Gasteiger partial charge < -0.3 is 14.8 Å². The summed E-state index contributed by atoms with van der Waals surface area (Å²) in [6.45, 7) is 19.2. The Morgan fingerprint density at radius 2 is 1.44 bits per heavy atom. The van der Waals surface area contributed by atoms with Gasteiger partial charge in [0, 0.05) is 5.54 Å². The molecule has 0 aromatic rings. The van der Waals surface area contributed by atoms with Crippen molar-refractivity contribution in [2.45, 2.75) is 86.2 Å². The van der Waals surface area contributed by atoms with E-state index in [1.165, 1.54) is 0 Å². The number of hydrogen-bond acceptors (Lipinski definition) is 6. The average molecular weight is 379 g/mol. The van der Waals surface area contributed by atoms with Gasteiger partial charge in [-0.3, -0.25) is 14.8 Å². The third kappa shape index (κ3) is 6.65.